The van der Waals surface area contributed by atoms with E-state index in [4.69, 9.17) is 0 Å². The summed E-state index contributed by atoms with van der Waals surface area (Å²) in [4.78, 5) is 10.8. The Morgan fingerprint density at radius 2 is 1.17 bits per heavy atom. The minimum absolute atomic E-state index is 0.625. The predicted molar refractivity (Wildman–Crippen MR) is 131 cm³/mol. The third kappa shape index (κ3) is 9.12. The number of hydrogen-bond donors (Lipinski definition) is 1. The average Bonchev–Trinajstić information content (AvgIpc) is 2.76. The Morgan fingerprint density at radius 3 is 1.67 bits per heavy atom. The maximum Gasteiger partial charge on any atom is 0.0113 e. The fourth-order valence-electron chi connectivity index (χ4n) is 5.30. The van der Waals surface area contributed by atoms with Gasteiger partial charge in [0.2, 0.25) is 0 Å². The lowest BCUT2D eigenvalue weighted by Crippen LogP contribution is -2.51. The molecule has 3 saturated heterocycles. The maximum atomic E-state index is 3.72. The Balaban J connectivity index is 0.00000155. The monoisotopic (exact) mass is 423 g/mol. The van der Waals surface area contributed by atoms with Crippen LogP contribution in [0.15, 0.2) is 0 Å². The molecule has 3 heterocycles. The number of nitrogens with one attached hydrogen (secondary N) is 1. The van der Waals surface area contributed by atoms with E-state index in [0.717, 1.165) is 12.0 Å². The molecule has 3 aliphatic rings. The van der Waals surface area contributed by atoms with Gasteiger partial charge < -0.3 is 15.1 Å². The fourth-order valence-corrected chi connectivity index (χ4v) is 5.30. The summed E-state index contributed by atoms with van der Waals surface area (Å²) >= 11 is 0. The van der Waals surface area contributed by atoms with Crippen LogP contribution < -0.4 is 5.32 Å². The molecule has 0 aromatic rings. The summed E-state index contributed by atoms with van der Waals surface area (Å²) < 4.78 is 0. The van der Waals surface area contributed by atoms with Crippen molar-refractivity contribution < 1.29 is 0 Å². The van der Waals surface area contributed by atoms with Crippen LogP contribution in [0.5, 0.6) is 0 Å². The van der Waals surface area contributed by atoms with Crippen molar-refractivity contribution in [3.63, 3.8) is 0 Å². The average molecular weight is 424 g/mol. The van der Waals surface area contributed by atoms with Gasteiger partial charge >= 0.3 is 0 Å². The SMILES string of the molecule is CC.CC(C)NC1CCN(CC2CCN(CCN3CCN(C(C)C)CC3)CC2)CC1. The minimum atomic E-state index is 0.625. The van der Waals surface area contributed by atoms with Gasteiger partial charge in [0.25, 0.3) is 0 Å². The Labute approximate surface area is 188 Å². The van der Waals surface area contributed by atoms with Crippen molar-refractivity contribution in [2.45, 2.75) is 85.4 Å². The maximum absolute atomic E-state index is 3.72. The van der Waals surface area contributed by atoms with Gasteiger partial charge in [0.05, 0.1) is 0 Å². The van der Waals surface area contributed by atoms with Crippen LogP contribution in [0.1, 0.15) is 67.2 Å². The molecule has 0 radical (unpaired) electrons. The Kier molecular flexibility index (Phi) is 12.2. The second-order valence-electron chi connectivity index (χ2n) is 10.2. The van der Waals surface area contributed by atoms with Gasteiger partial charge in [-0.2, -0.15) is 0 Å². The molecule has 0 saturated carbocycles. The van der Waals surface area contributed by atoms with Gasteiger partial charge in [-0.25, -0.2) is 0 Å². The fraction of sp³-hybridized carbons (Fsp3) is 1.00. The second-order valence-corrected chi connectivity index (χ2v) is 10.2. The van der Waals surface area contributed by atoms with Crippen LogP contribution in [0.25, 0.3) is 0 Å². The van der Waals surface area contributed by atoms with Crippen molar-refractivity contribution in [2.24, 2.45) is 5.92 Å². The van der Waals surface area contributed by atoms with Crippen LogP contribution in [0.4, 0.5) is 0 Å². The number of nitrogens with zero attached hydrogens (tertiary/aromatic N) is 4. The van der Waals surface area contributed by atoms with Crippen LogP contribution in [0.2, 0.25) is 0 Å². The highest BCUT2D eigenvalue weighted by molar-refractivity contribution is 4.82. The van der Waals surface area contributed by atoms with Crippen molar-refractivity contribution in [3.8, 4) is 0 Å². The van der Waals surface area contributed by atoms with Gasteiger partial charge in [0.15, 0.2) is 0 Å². The van der Waals surface area contributed by atoms with Gasteiger partial charge in [-0.3, -0.25) is 9.80 Å². The van der Waals surface area contributed by atoms with E-state index < -0.39 is 0 Å². The zero-order valence-electron chi connectivity index (χ0n) is 21.2. The van der Waals surface area contributed by atoms with E-state index >= 15 is 0 Å². The molecule has 0 aromatic carbocycles. The van der Waals surface area contributed by atoms with Crippen LogP contribution in [-0.4, -0.2) is 110 Å². The lowest BCUT2D eigenvalue weighted by Gasteiger charge is -2.40. The van der Waals surface area contributed by atoms with Crippen molar-refractivity contribution in [2.75, 3.05) is 72.0 Å². The van der Waals surface area contributed by atoms with E-state index in [1.54, 1.807) is 0 Å². The van der Waals surface area contributed by atoms with Crippen molar-refractivity contribution in [3.05, 3.63) is 0 Å². The number of rotatable bonds is 8. The van der Waals surface area contributed by atoms with Crippen molar-refractivity contribution in [1.29, 1.82) is 0 Å². The van der Waals surface area contributed by atoms with Crippen LogP contribution in [0.3, 0.4) is 0 Å². The zero-order chi connectivity index (χ0) is 21.9. The molecule has 0 aliphatic carbocycles. The molecule has 0 unspecified atom stereocenters. The summed E-state index contributed by atoms with van der Waals surface area (Å²) in [6.45, 7) is 27.3. The van der Waals surface area contributed by atoms with E-state index in [-0.39, 0.29) is 0 Å². The van der Waals surface area contributed by atoms with E-state index in [2.05, 4.69) is 52.6 Å². The zero-order valence-corrected chi connectivity index (χ0v) is 21.2. The van der Waals surface area contributed by atoms with Crippen molar-refractivity contribution >= 4 is 0 Å². The van der Waals surface area contributed by atoms with Gasteiger partial charge in [0.1, 0.15) is 0 Å². The summed E-state index contributed by atoms with van der Waals surface area (Å²) in [5.41, 5.74) is 0. The number of piperazine rings is 1. The summed E-state index contributed by atoms with van der Waals surface area (Å²) in [6.07, 6.45) is 5.48. The van der Waals surface area contributed by atoms with Gasteiger partial charge in [-0.15, -0.1) is 0 Å². The topological polar surface area (TPSA) is 25.0 Å². The molecule has 0 spiro atoms. The van der Waals surface area contributed by atoms with Gasteiger partial charge in [-0.1, -0.05) is 27.7 Å². The lowest BCUT2D eigenvalue weighted by atomic mass is 9.94. The number of hydrogen-bond acceptors (Lipinski definition) is 5. The van der Waals surface area contributed by atoms with E-state index in [0.29, 0.717) is 12.1 Å². The molecule has 3 aliphatic heterocycles. The smallest absolute Gasteiger partial charge is 0.0113 e. The van der Waals surface area contributed by atoms with Crippen LogP contribution >= 0.6 is 0 Å². The standard InChI is InChI=1S/C23H47N5.C2H6/c1-20(2)24-23-7-11-27(12-8-23)19-22-5-9-25(10-6-22)13-14-26-15-17-28(18-16-26)21(3)4;1-2/h20-24H,5-19H2,1-4H3;1-2H3. The molecule has 3 rings (SSSR count). The predicted octanol–water partition coefficient (Wildman–Crippen LogP) is 3.21. The van der Waals surface area contributed by atoms with E-state index in [1.165, 1.54) is 97.7 Å². The summed E-state index contributed by atoms with van der Waals surface area (Å²) in [5, 5.41) is 3.72. The first-order valence-electron chi connectivity index (χ1n) is 13.2. The molecule has 5 nitrogen and oxygen atoms in total. The molecule has 0 atom stereocenters. The van der Waals surface area contributed by atoms with Gasteiger partial charge in [0, 0.05) is 63.9 Å². The summed E-state index contributed by atoms with van der Waals surface area (Å²) in [7, 11) is 0. The first-order chi connectivity index (χ1) is 14.5. The second kappa shape index (κ2) is 14.1. The summed E-state index contributed by atoms with van der Waals surface area (Å²) in [5.74, 6) is 0.931. The number of piperidine rings is 2. The molecule has 5 heteroatoms. The Morgan fingerprint density at radius 1 is 0.667 bits per heavy atom. The highest BCUT2D eigenvalue weighted by Gasteiger charge is 2.25. The molecular weight excluding hydrogens is 370 g/mol. The molecule has 178 valence electrons. The Hall–Kier alpha value is -0.200. The molecule has 1 N–H and O–H groups in total. The van der Waals surface area contributed by atoms with E-state index in [9.17, 15) is 0 Å². The number of likely N-dealkylation sites (tertiary alicyclic amines) is 2. The molecule has 0 bridgehead atoms. The largest absolute Gasteiger partial charge is 0.312 e. The first-order valence-corrected chi connectivity index (χ1v) is 13.2. The quantitative estimate of drug-likeness (QED) is 0.646. The highest BCUT2D eigenvalue weighted by atomic mass is 15.3. The third-order valence-electron chi connectivity index (χ3n) is 7.25. The van der Waals surface area contributed by atoms with E-state index in [1.807, 2.05) is 13.8 Å². The molecule has 3 fully saturated rings. The Bertz CT molecular complexity index is 417. The minimum Gasteiger partial charge on any atom is -0.312 e. The van der Waals surface area contributed by atoms with Crippen molar-refractivity contribution in [1.82, 2.24) is 24.9 Å². The normalized spacial score (nSPS) is 24.4. The lowest BCUT2D eigenvalue weighted by molar-refractivity contribution is 0.0855. The van der Waals surface area contributed by atoms with Crippen LogP contribution in [-0.2, 0) is 0 Å². The molecular formula is C25H53N5. The third-order valence-corrected chi connectivity index (χ3v) is 7.25. The first kappa shape index (κ1) is 26.1. The highest BCUT2D eigenvalue weighted by Crippen LogP contribution is 2.21. The molecule has 0 aromatic heterocycles. The van der Waals surface area contributed by atoms with Gasteiger partial charge in [-0.05, 0) is 71.6 Å². The summed E-state index contributed by atoms with van der Waals surface area (Å²) in [6, 6.07) is 2.08. The molecule has 0 amide bonds. The molecule has 30 heavy (non-hydrogen) atoms. The van der Waals surface area contributed by atoms with Crippen LogP contribution in [0, 0.1) is 5.92 Å².